The Morgan fingerprint density at radius 2 is 2.19 bits per heavy atom. The van der Waals surface area contributed by atoms with Gasteiger partial charge >= 0.3 is 0 Å². The molecule has 0 aliphatic carbocycles. The van der Waals surface area contributed by atoms with E-state index in [1.54, 1.807) is 31.4 Å². The van der Waals surface area contributed by atoms with E-state index in [1.807, 2.05) is 0 Å². The van der Waals surface area contributed by atoms with Crippen molar-refractivity contribution >= 4 is 51.6 Å². The van der Waals surface area contributed by atoms with Crippen molar-refractivity contribution in [2.24, 2.45) is 0 Å². The van der Waals surface area contributed by atoms with Crippen molar-refractivity contribution in [3.63, 3.8) is 0 Å². The Bertz CT molecular complexity index is 795. The largest absolute Gasteiger partial charge is 0.465 e. The number of unbranched alkanes of at least 4 members (excludes halogenated alkanes) is 2. The number of thiazole rings is 1. The summed E-state index contributed by atoms with van der Waals surface area (Å²) in [5.74, 6) is 0.312. The number of nitrogens with zero attached hydrogens (tertiary/aromatic N) is 1. The summed E-state index contributed by atoms with van der Waals surface area (Å²) in [4.78, 5) is 28.9. The highest BCUT2D eigenvalue weighted by molar-refractivity contribution is 7.80. The van der Waals surface area contributed by atoms with Crippen molar-refractivity contribution < 1.29 is 14.0 Å². The summed E-state index contributed by atoms with van der Waals surface area (Å²) in [6, 6.07) is 3.51. The van der Waals surface area contributed by atoms with E-state index in [4.69, 9.17) is 16.6 Å². The van der Waals surface area contributed by atoms with Gasteiger partial charge in [0.1, 0.15) is 5.76 Å². The summed E-state index contributed by atoms with van der Waals surface area (Å²) in [6.07, 6.45) is 7.93. The zero-order chi connectivity index (χ0) is 18.9. The quantitative estimate of drug-likeness (QED) is 0.301. The van der Waals surface area contributed by atoms with Crippen molar-refractivity contribution in [2.45, 2.75) is 39.5 Å². The molecule has 2 aromatic rings. The number of carbonyl (C=O) groups is 2. The molecule has 0 bridgehead atoms. The van der Waals surface area contributed by atoms with E-state index >= 15 is 0 Å². The van der Waals surface area contributed by atoms with Crippen LogP contribution in [-0.2, 0) is 4.79 Å². The Balaban J connectivity index is 1.91. The van der Waals surface area contributed by atoms with Crippen molar-refractivity contribution in [1.29, 1.82) is 0 Å². The third kappa shape index (κ3) is 6.20. The fourth-order valence-electron chi connectivity index (χ4n) is 2.15. The highest BCUT2D eigenvalue weighted by Crippen LogP contribution is 2.23. The molecule has 2 N–H and O–H groups in total. The molecule has 0 aliphatic heterocycles. The Kier molecular flexibility index (Phi) is 7.68. The molecule has 0 spiro atoms. The molecule has 0 radical (unpaired) electrons. The van der Waals surface area contributed by atoms with Gasteiger partial charge in [0.2, 0.25) is 5.91 Å². The summed E-state index contributed by atoms with van der Waals surface area (Å²) < 4.78 is 5.16. The predicted octanol–water partition coefficient (Wildman–Crippen LogP) is 4.33. The van der Waals surface area contributed by atoms with Gasteiger partial charge in [-0.25, -0.2) is 4.98 Å². The van der Waals surface area contributed by atoms with Gasteiger partial charge in [-0.05, 0) is 49.8 Å². The Labute approximate surface area is 161 Å². The number of thiocarbonyl (C=S) groups is 1. The highest BCUT2D eigenvalue weighted by Gasteiger charge is 2.14. The normalized spacial score (nSPS) is 10.8. The van der Waals surface area contributed by atoms with Gasteiger partial charge in [-0.3, -0.25) is 9.59 Å². The number of carbonyl (C=O) groups excluding carboxylic acids is 2. The number of anilines is 1. The van der Waals surface area contributed by atoms with Gasteiger partial charge < -0.3 is 15.1 Å². The molecule has 2 aromatic heterocycles. The van der Waals surface area contributed by atoms with Gasteiger partial charge in [0.25, 0.3) is 0 Å². The number of nitrogens with one attached hydrogen (secondary N) is 2. The SMILES string of the molecule is CCCCCC(=O)NC(=S)Nc1nc(C)c(C(=O)/C=C/c2ccco2)s1. The van der Waals surface area contributed by atoms with Gasteiger partial charge in [0, 0.05) is 6.42 Å². The van der Waals surface area contributed by atoms with E-state index < -0.39 is 0 Å². The molecule has 1 amide bonds. The van der Waals surface area contributed by atoms with E-state index in [2.05, 4.69) is 22.5 Å². The molecule has 2 rings (SSSR count). The average molecular weight is 392 g/mol. The maximum Gasteiger partial charge on any atom is 0.226 e. The van der Waals surface area contributed by atoms with Crippen molar-refractivity contribution in [1.82, 2.24) is 10.3 Å². The summed E-state index contributed by atoms with van der Waals surface area (Å²) in [5, 5.41) is 6.14. The number of allylic oxidation sites excluding steroid dienone is 1. The summed E-state index contributed by atoms with van der Waals surface area (Å²) in [5.41, 5.74) is 0.601. The molecule has 8 heteroatoms. The average Bonchev–Trinajstić information content (AvgIpc) is 3.22. The third-order valence-corrected chi connectivity index (χ3v) is 4.73. The lowest BCUT2D eigenvalue weighted by Gasteiger charge is -2.06. The predicted molar refractivity (Wildman–Crippen MR) is 107 cm³/mol. The third-order valence-electron chi connectivity index (χ3n) is 3.44. The van der Waals surface area contributed by atoms with Crippen LogP contribution in [0.1, 0.15) is 53.7 Å². The molecule has 0 saturated carbocycles. The van der Waals surface area contributed by atoms with Crippen molar-refractivity contribution in [3.8, 4) is 0 Å². The minimum Gasteiger partial charge on any atom is -0.465 e. The zero-order valence-corrected chi connectivity index (χ0v) is 16.3. The van der Waals surface area contributed by atoms with Crippen LogP contribution in [0.25, 0.3) is 6.08 Å². The Hall–Kier alpha value is -2.32. The highest BCUT2D eigenvalue weighted by atomic mass is 32.1. The summed E-state index contributed by atoms with van der Waals surface area (Å²) in [6.45, 7) is 3.83. The lowest BCUT2D eigenvalue weighted by molar-refractivity contribution is -0.119. The van der Waals surface area contributed by atoms with Crippen molar-refractivity contribution in [3.05, 3.63) is 40.8 Å². The van der Waals surface area contributed by atoms with Gasteiger partial charge in [-0.15, -0.1) is 0 Å². The minimum absolute atomic E-state index is 0.123. The molecule has 138 valence electrons. The first kappa shape index (κ1) is 20.0. The van der Waals surface area contributed by atoms with Crippen LogP contribution in [0.4, 0.5) is 5.13 Å². The molecular weight excluding hydrogens is 370 g/mol. The molecule has 0 aliphatic rings. The van der Waals surface area contributed by atoms with Crippen LogP contribution in [0.15, 0.2) is 28.9 Å². The Morgan fingerprint density at radius 3 is 2.88 bits per heavy atom. The standard InChI is InChI=1S/C18H21N3O3S2/c1-3-4-5-8-15(23)20-17(25)21-18-19-12(2)16(26-18)14(22)10-9-13-7-6-11-24-13/h6-7,9-11H,3-5,8H2,1-2H3,(H2,19,20,21,23,25)/b10-9+. The summed E-state index contributed by atoms with van der Waals surface area (Å²) in [7, 11) is 0. The second-order valence-electron chi connectivity index (χ2n) is 5.61. The first-order valence-electron chi connectivity index (χ1n) is 8.33. The van der Waals surface area contributed by atoms with E-state index in [9.17, 15) is 9.59 Å². The topological polar surface area (TPSA) is 84.2 Å². The van der Waals surface area contributed by atoms with Crippen LogP contribution >= 0.6 is 23.6 Å². The second-order valence-corrected chi connectivity index (χ2v) is 7.01. The number of ketones is 1. The fraction of sp³-hybridized carbons (Fsp3) is 0.333. The van der Waals surface area contributed by atoms with E-state index in [0.29, 0.717) is 27.9 Å². The molecule has 0 atom stereocenters. The molecule has 0 saturated heterocycles. The number of rotatable bonds is 8. The molecule has 0 aromatic carbocycles. The van der Waals surface area contributed by atoms with Crippen molar-refractivity contribution in [2.75, 3.05) is 5.32 Å². The van der Waals surface area contributed by atoms with E-state index in [1.165, 1.54) is 17.4 Å². The molecule has 0 unspecified atom stereocenters. The van der Waals surface area contributed by atoms with Crippen LogP contribution in [0, 0.1) is 6.92 Å². The van der Waals surface area contributed by atoms with E-state index in [-0.39, 0.29) is 16.8 Å². The first-order chi connectivity index (χ1) is 12.5. The van der Waals surface area contributed by atoms with Gasteiger partial charge in [0.05, 0.1) is 16.8 Å². The number of hydrogen-bond acceptors (Lipinski definition) is 6. The van der Waals surface area contributed by atoms with Crippen LogP contribution in [0.2, 0.25) is 0 Å². The molecule has 6 nitrogen and oxygen atoms in total. The number of amides is 1. The summed E-state index contributed by atoms with van der Waals surface area (Å²) >= 11 is 6.32. The Morgan fingerprint density at radius 1 is 1.38 bits per heavy atom. The maximum atomic E-state index is 12.3. The van der Waals surface area contributed by atoms with Gasteiger partial charge in [-0.1, -0.05) is 31.1 Å². The molecular formula is C18H21N3O3S2. The first-order valence-corrected chi connectivity index (χ1v) is 9.56. The number of hydrogen-bond donors (Lipinski definition) is 2. The second kappa shape index (κ2) is 9.98. The smallest absolute Gasteiger partial charge is 0.226 e. The van der Waals surface area contributed by atoms with E-state index in [0.717, 1.165) is 19.3 Å². The zero-order valence-electron chi connectivity index (χ0n) is 14.7. The van der Waals surface area contributed by atoms with Gasteiger partial charge in [-0.2, -0.15) is 0 Å². The molecule has 26 heavy (non-hydrogen) atoms. The van der Waals surface area contributed by atoms with Crippen LogP contribution < -0.4 is 10.6 Å². The lowest BCUT2D eigenvalue weighted by Crippen LogP contribution is -2.33. The monoisotopic (exact) mass is 391 g/mol. The van der Waals surface area contributed by atoms with Crippen LogP contribution in [0.3, 0.4) is 0 Å². The lowest BCUT2D eigenvalue weighted by atomic mass is 10.2. The number of aromatic nitrogens is 1. The van der Waals surface area contributed by atoms with Crippen LogP contribution in [0.5, 0.6) is 0 Å². The molecule has 0 fully saturated rings. The number of aryl methyl sites for hydroxylation is 1. The fourth-order valence-corrected chi connectivity index (χ4v) is 3.32. The molecule has 2 heterocycles. The van der Waals surface area contributed by atoms with Crippen LogP contribution in [-0.4, -0.2) is 21.8 Å². The number of furan rings is 1. The minimum atomic E-state index is -0.168. The maximum absolute atomic E-state index is 12.3. The van der Waals surface area contributed by atoms with Gasteiger partial charge in [0.15, 0.2) is 16.0 Å².